The van der Waals surface area contributed by atoms with E-state index in [2.05, 4.69) is 62.6 Å². The lowest BCUT2D eigenvalue weighted by molar-refractivity contribution is 0.491. The first-order valence-electron chi connectivity index (χ1n) is 6.74. The minimum absolute atomic E-state index is 0.503. The van der Waals surface area contributed by atoms with E-state index in [1.165, 1.54) is 0 Å². The Morgan fingerprint density at radius 2 is 1.94 bits per heavy atom. The molecular weight excluding hydrogens is 210 g/mol. The minimum Gasteiger partial charge on any atom is -0.353 e. The van der Waals surface area contributed by atoms with Crippen molar-refractivity contribution >= 4 is 5.95 Å². The largest absolute Gasteiger partial charge is 0.353 e. The molecule has 3 nitrogen and oxygen atoms in total. The van der Waals surface area contributed by atoms with Gasteiger partial charge in [0.25, 0.3) is 0 Å². The van der Waals surface area contributed by atoms with E-state index in [-0.39, 0.29) is 0 Å². The van der Waals surface area contributed by atoms with Gasteiger partial charge in [-0.1, -0.05) is 34.6 Å². The van der Waals surface area contributed by atoms with E-state index >= 15 is 0 Å². The van der Waals surface area contributed by atoms with E-state index in [0.29, 0.717) is 17.9 Å². The smallest absolute Gasteiger partial charge is 0.203 e. The summed E-state index contributed by atoms with van der Waals surface area (Å²) in [6.07, 6.45) is 3.26. The van der Waals surface area contributed by atoms with Gasteiger partial charge in [-0.2, -0.15) is 0 Å². The molecule has 1 heterocycles. The average molecular weight is 237 g/mol. The highest BCUT2D eigenvalue weighted by atomic mass is 15.2. The van der Waals surface area contributed by atoms with Gasteiger partial charge in [-0.05, 0) is 25.2 Å². The molecule has 0 aliphatic carbocycles. The third-order valence-electron chi connectivity index (χ3n) is 3.02. The summed E-state index contributed by atoms with van der Waals surface area (Å²) in [5.41, 5.74) is 1.09. The molecule has 0 aliphatic rings. The number of nitrogens with zero attached hydrogens (tertiary/aromatic N) is 2. The highest BCUT2D eigenvalue weighted by molar-refractivity contribution is 5.30. The molecular formula is C14H27N3. The number of anilines is 1. The number of aromatic nitrogens is 2. The van der Waals surface area contributed by atoms with Gasteiger partial charge in [0.2, 0.25) is 5.95 Å². The van der Waals surface area contributed by atoms with Crippen molar-refractivity contribution < 1.29 is 0 Å². The first kappa shape index (κ1) is 14.1. The molecule has 17 heavy (non-hydrogen) atoms. The maximum Gasteiger partial charge on any atom is 0.203 e. The summed E-state index contributed by atoms with van der Waals surface area (Å²) in [6.45, 7) is 14.3. The molecule has 1 aromatic heterocycles. The number of nitrogens with one attached hydrogen (secondary N) is 1. The number of hydrogen-bond acceptors (Lipinski definition) is 2. The summed E-state index contributed by atoms with van der Waals surface area (Å²) >= 11 is 0. The Morgan fingerprint density at radius 1 is 1.29 bits per heavy atom. The van der Waals surface area contributed by atoms with Crippen LogP contribution in [-0.2, 0) is 6.54 Å². The maximum absolute atomic E-state index is 4.59. The number of hydrogen-bond donors (Lipinski definition) is 1. The van der Waals surface area contributed by atoms with Crippen LogP contribution in [0.1, 0.15) is 46.7 Å². The van der Waals surface area contributed by atoms with Crippen LogP contribution in [0.3, 0.4) is 0 Å². The zero-order chi connectivity index (χ0) is 13.0. The SMILES string of the molecule is CCC(Nc1nc(C)cn1CC(C)C)C(C)C. The lowest BCUT2D eigenvalue weighted by Crippen LogP contribution is -2.26. The molecule has 1 atom stereocenters. The summed E-state index contributed by atoms with van der Waals surface area (Å²) in [5, 5.41) is 3.57. The molecule has 0 spiro atoms. The Kier molecular flexibility index (Phi) is 5.03. The summed E-state index contributed by atoms with van der Waals surface area (Å²) in [5.74, 6) is 2.30. The molecule has 0 aliphatic heterocycles. The van der Waals surface area contributed by atoms with Crippen molar-refractivity contribution in [2.45, 2.75) is 60.5 Å². The topological polar surface area (TPSA) is 29.9 Å². The molecule has 0 radical (unpaired) electrons. The Labute approximate surface area is 106 Å². The highest BCUT2D eigenvalue weighted by Crippen LogP contribution is 2.16. The molecule has 1 rings (SSSR count). The molecule has 1 N–H and O–H groups in total. The zero-order valence-corrected chi connectivity index (χ0v) is 12.1. The second-order valence-electron chi connectivity index (χ2n) is 5.66. The third-order valence-corrected chi connectivity index (χ3v) is 3.02. The zero-order valence-electron chi connectivity index (χ0n) is 12.1. The predicted molar refractivity (Wildman–Crippen MR) is 74.3 cm³/mol. The van der Waals surface area contributed by atoms with E-state index in [1.807, 2.05) is 0 Å². The normalized spacial score (nSPS) is 13.4. The molecule has 1 aromatic rings. The van der Waals surface area contributed by atoms with Crippen LogP contribution in [0.15, 0.2) is 6.20 Å². The minimum atomic E-state index is 0.503. The first-order valence-corrected chi connectivity index (χ1v) is 6.74. The van der Waals surface area contributed by atoms with Gasteiger partial charge < -0.3 is 9.88 Å². The summed E-state index contributed by atoms with van der Waals surface area (Å²) < 4.78 is 2.24. The average Bonchev–Trinajstić information content (AvgIpc) is 2.53. The summed E-state index contributed by atoms with van der Waals surface area (Å²) in [6, 6.07) is 0.503. The van der Waals surface area contributed by atoms with E-state index in [1.54, 1.807) is 0 Å². The second-order valence-corrected chi connectivity index (χ2v) is 5.66. The van der Waals surface area contributed by atoms with Crippen LogP contribution in [0.5, 0.6) is 0 Å². The fourth-order valence-electron chi connectivity index (χ4n) is 2.10. The van der Waals surface area contributed by atoms with Crippen molar-refractivity contribution in [3.05, 3.63) is 11.9 Å². The number of rotatable bonds is 6. The standard InChI is InChI=1S/C14H27N3/c1-7-13(11(4)5)16-14-15-12(6)9-17(14)8-10(2)3/h9-11,13H,7-8H2,1-6H3,(H,15,16). The van der Waals surface area contributed by atoms with Gasteiger partial charge in [-0.25, -0.2) is 4.98 Å². The van der Waals surface area contributed by atoms with E-state index in [4.69, 9.17) is 0 Å². The molecule has 98 valence electrons. The Balaban J connectivity index is 2.81. The highest BCUT2D eigenvalue weighted by Gasteiger charge is 2.14. The van der Waals surface area contributed by atoms with Crippen molar-refractivity contribution in [3.63, 3.8) is 0 Å². The van der Waals surface area contributed by atoms with Crippen LogP contribution in [0.25, 0.3) is 0 Å². The van der Waals surface area contributed by atoms with Crippen LogP contribution in [0.4, 0.5) is 5.95 Å². The molecule has 0 saturated heterocycles. The molecule has 0 saturated carbocycles. The molecule has 0 bridgehead atoms. The fraction of sp³-hybridized carbons (Fsp3) is 0.786. The Hall–Kier alpha value is -0.990. The predicted octanol–water partition coefficient (Wildman–Crippen LogP) is 3.69. The monoisotopic (exact) mass is 237 g/mol. The summed E-state index contributed by atoms with van der Waals surface area (Å²) in [7, 11) is 0. The maximum atomic E-state index is 4.59. The van der Waals surface area contributed by atoms with Crippen LogP contribution < -0.4 is 5.32 Å². The number of aryl methyl sites for hydroxylation is 1. The van der Waals surface area contributed by atoms with E-state index in [0.717, 1.165) is 24.6 Å². The van der Waals surface area contributed by atoms with Crippen molar-refractivity contribution in [3.8, 4) is 0 Å². The second kappa shape index (κ2) is 6.08. The van der Waals surface area contributed by atoms with Gasteiger partial charge in [0.05, 0.1) is 5.69 Å². The van der Waals surface area contributed by atoms with Gasteiger partial charge in [0.1, 0.15) is 0 Å². The molecule has 1 unspecified atom stereocenters. The lowest BCUT2D eigenvalue weighted by atomic mass is 10.0. The fourth-order valence-corrected chi connectivity index (χ4v) is 2.10. The van der Waals surface area contributed by atoms with Crippen molar-refractivity contribution in [2.24, 2.45) is 11.8 Å². The van der Waals surface area contributed by atoms with E-state index < -0.39 is 0 Å². The first-order chi connectivity index (χ1) is 7.93. The van der Waals surface area contributed by atoms with Crippen molar-refractivity contribution in [1.82, 2.24) is 9.55 Å². The quantitative estimate of drug-likeness (QED) is 0.817. The van der Waals surface area contributed by atoms with E-state index in [9.17, 15) is 0 Å². The lowest BCUT2D eigenvalue weighted by Gasteiger charge is -2.22. The van der Waals surface area contributed by atoms with Crippen LogP contribution >= 0.6 is 0 Å². The molecule has 0 amide bonds. The summed E-state index contributed by atoms with van der Waals surface area (Å²) in [4.78, 5) is 4.59. The van der Waals surface area contributed by atoms with Gasteiger partial charge in [0, 0.05) is 18.8 Å². The van der Waals surface area contributed by atoms with Gasteiger partial charge in [-0.3, -0.25) is 0 Å². The number of imidazole rings is 1. The van der Waals surface area contributed by atoms with Crippen LogP contribution in [0, 0.1) is 18.8 Å². The van der Waals surface area contributed by atoms with Crippen molar-refractivity contribution in [1.29, 1.82) is 0 Å². The van der Waals surface area contributed by atoms with Gasteiger partial charge in [-0.15, -0.1) is 0 Å². The van der Waals surface area contributed by atoms with Gasteiger partial charge in [0.15, 0.2) is 0 Å². The molecule has 0 aromatic carbocycles. The van der Waals surface area contributed by atoms with Gasteiger partial charge >= 0.3 is 0 Å². The van der Waals surface area contributed by atoms with Crippen molar-refractivity contribution in [2.75, 3.05) is 5.32 Å². The Bertz CT molecular complexity index is 339. The Morgan fingerprint density at radius 3 is 2.41 bits per heavy atom. The molecule has 0 fully saturated rings. The molecule has 3 heteroatoms. The van der Waals surface area contributed by atoms with Crippen LogP contribution in [-0.4, -0.2) is 15.6 Å². The third kappa shape index (κ3) is 4.06. The van der Waals surface area contributed by atoms with Crippen LogP contribution in [0.2, 0.25) is 0 Å².